The van der Waals surface area contributed by atoms with Crippen molar-refractivity contribution in [3.63, 3.8) is 0 Å². The van der Waals surface area contributed by atoms with Gasteiger partial charge in [-0.25, -0.2) is 31.5 Å². The Morgan fingerprint density at radius 3 is 1.81 bits per heavy atom. The van der Waals surface area contributed by atoms with Crippen molar-refractivity contribution in [1.82, 2.24) is 0 Å². The van der Waals surface area contributed by atoms with Crippen molar-refractivity contribution in [1.29, 1.82) is 0 Å². The average Bonchev–Trinajstić information content (AvgIpc) is 1.97. The summed E-state index contributed by atoms with van der Waals surface area (Å²) in [6.45, 7) is 1.29. The largest absolute Gasteiger partial charge is 0.241 e. The fraction of sp³-hybridized carbons (Fsp3) is 0.143. The molecule has 0 aliphatic carbocycles. The number of sulfonamides is 2. The molecule has 1 aromatic rings. The van der Waals surface area contributed by atoms with E-state index in [0.29, 0.717) is 6.07 Å². The molecule has 4 N–H and O–H groups in total. The standard InChI is InChI=1S/C7H9FN2O4S2/c1-4-2-5(8)7(16(10,13)14)3-6(4)15(9,11)12/h2-3H,1H3,(H2,9,11,12)(H2,10,13,14). The van der Waals surface area contributed by atoms with Gasteiger partial charge < -0.3 is 0 Å². The zero-order valence-corrected chi connectivity index (χ0v) is 9.77. The van der Waals surface area contributed by atoms with Crippen LogP contribution in [0.1, 0.15) is 5.56 Å². The summed E-state index contributed by atoms with van der Waals surface area (Å²) in [6.07, 6.45) is 0. The minimum Gasteiger partial charge on any atom is -0.225 e. The molecule has 0 saturated carbocycles. The van der Waals surface area contributed by atoms with Gasteiger partial charge in [-0.15, -0.1) is 0 Å². The highest BCUT2D eigenvalue weighted by molar-refractivity contribution is 7.90. The number of hydrogen-bond donors (Lipinski definition) is 2. The smallest absolute Gasteiger partial charge is 0.225 e. The molecule has 0 unspecified atom stereocenters. The Labute approximate surface area is 92.2 Å². The predicted molar refractivity (Wildman–Crippen MR) is 53.9 cm³/mol. The predicted octanol–water partition coefficient (Wildman–Crippen LogP) is -0.571. The Hall–Kier alpha value is -1.03. The molecule has 9 heteroatoms. The van der Waals surface area contributed by atoms with Gasteiger partial charge in [0.15, 0.2) is 0 Å². The molecule has 0 amide bonds. The van der Waals surface area contributed by atoms with Crippen LogP contribution in [0.25, 0.3) is 0 Å². The van der Waals surface area contributed by atoms with Crippen molar-refractivity contribution in [3.05, 3.63) is 23.5 Å². The normalized spacial score (nSPS) is 12.8. The zero-order valence-electron chi connectivity index (χ0n) is 8.14. The Morgan fingerprint density at radius 1 is 1.00 bits per heavy atom. The van der Waals surface area contributed by atoms with Gasteiger partial charge in [0.2, 0.25) is 20.0 Å². The van der Waals surface area contributed by atoms with Gasteiger partial charge in [0, 0.05) is 0 Å². The monoisotopic (exact) mass is 268 g/mol. The van der Waals surface area contributed by atoms with Gasteiger partial charge in [0.25, 0.3) is 0 Å². The summed E-state index contributed by atoms with van der Waals surface area (Å²) in [5.74, 6) is -1.12. The van der Waals surface area contributed by atoms with Crippen LogP contribution in [0.3, 0.4) is 0 Å². The first-order valence-corrected chi connectivity index (χ1v) is 6.98. The molecule has 0 radical (unpaired) electrons. The second-order valence-electron chi connectivity index (χ2n) is 3.14. The van der Waals surface area contributed by atoms with E-state index in [-0.39, 0.29) is 5.56 Å². The molecule has 1 aromatic carbocycles. The minimum atomic E-state index is -4.33. The highest BCUT2D eigenvalue weighted by Gasteiger charge is 2.21. The summed E-state index contributed by atoms with van der Waals surface area (Å²) in [5, 5.41) is 9.55. The van der Waals surface area contributed by atoms with Crippen LogP contribution in [-0.4, -0.2) is 16.8 Å². The Bertz CT molecular complexity index is 583. The molecular weight excluding hydrogens is 259 g/mol. The van der Waals surface area contributed by atoms with Crippen LogP contribution < -0.4 is 10.3 Å². The van der Waals surface area contributed by atoms with Gasteiger partial charge in [-0.2, -0.15) is 0 Å². The maximum absolute atomic E-state index is 13.2. The molecular formula is C7H9FN2O4S2. The number of hydrogen-bond acceptors (Lipinski definition) is 4. The molecule has 0 heterocycles. The molecule has 0 aliphatic rings. The second-order valence-corrected chi connectivity index (χ2v) is 6.20. The van der Waals surface area contributed by atoms with Gasteiger partial charge in [-0.1, -0.05) is 0 Å². The second kappa shape index (κ2) is 3.77. The van der Waals surface area contributed by atoms with Crippen LogP contribution in [0, 0.1) is 12.7 Å². The summed E-state index contributed by atoms with van der Waals surface area (Å²) in [6, 6.07) is 1.36. The lowest BCUT2D eigenvalue weighted by Gasteiger charge is -2.06. The van der Waals surface area contributed by atoms with E-state index in [1.165, 1.54) is 6.92 Å². The van der Waals surface area contributed by atoms with Gasteiger partial charge in [-0.3, -0.25) is 0 Å². The number of rotatable bonds is 2. The molecule has 0 spiro atoms. The molecule has 0 bridgehead atoms. The summed E-state index contributed by atoms with van der Waals surface area (Å²) >= 11 is 0. The average molecular weight is 268 g/mol. The van der Waals surface area contributed by atoms with Crippen molar-refractivity contribution in [3.8, 4) is 0 Å². The van der Waals surface area contributed by atoms with Gasteiger partial charge in [0.1, 0.15) is 10.7 Å². The van der Waals surface area contributed by atoms with Crippen molar-refractivity contribution >= 4 is 20.0 Å². The molecule has 6 nitrogen and oxygen atoms in total. The number of benzene rings is 1. The summed E-state index contributed by atoms with van der Waals surface area (Å²) in [5.41, 5.74) is 0.00685. The Kier molecular flexibility index (Phi) is 3.07. The maximum Gasteiger partial charge on any atom is 0.241 e. The fourth-order valence-corrected chi connectivity index (χ4v) is 2.64. The molecule has 0 aromatic heterocycles. The Balaban J connectivity index is 3.72. The molecule has 90 valence electrons. The third-order valence-corrected chi connectivity index (χ3v) is 3.82. The third kappa shape index (κ3) is 2.55. The van der Waals surface area contributed by atoms with Gasteiger partial charge in [0.05, 0.1) is 4.90 Å². The third-order valence-electron chi connectivity index (χ3n) is 1.84. The van der Waals surface area contributed by atoms with Crippen LogP contribution >= 0.6 is 0 Å². The molecule has 1 rings (SSSR count). The topological polar surface area (TPSA) is 120 Å². The highest BCUT2D eigenvalue weighted by atomic mass is 32.2. The Morgan fingerprint density at radius 2 is 1.44 bits per heavy atom. The van der Waals surface area contributed by atoms with E-state index in [4.69, 9.17) is 10.3 Å². The lowest BCUT2D eigenvalue weighted by Crippen LogP contribution is -2.18. The van der Waals surface area contributed by atoms with E-state index < -0.39 is 35.7 Å². The maximum atomic E-state index is 13.2. The first kappa shape index (κ1) is 13.0. The minimum absolute atomic E-state index is 0.00685. The highest BCUT2D eigenvalue weighted by Crippen LogP contribution is 2.21. The summed E-state index contributed by atoms with van der Waals surface area (Å²) < 4.78 is 57.2. The van der Waals surface area contributed by atoms with Crippen LogP contribution in [0.2, 0.25) is 0 Å². The van der Waals surface area contributed by atoms with Crippen molar-refractivity contribution in [2.24, 2.45) is 10.3 Å². The zero-order chi connectivity index (χ0) is 12.7. The summed E-state index contributed by atoms with van der Waals surface area (Å²) in [7, 11) is -8.45. The number of halogens is 1. The molecule has 0 fully saturated rings. The van der Waals surface area contributed by atoms with Crippen LogP contribution in [0.4, 0.5) is 4.39 Å². The van der Waals surface area contributed by atoms with E-state index in [1.54, 1.807) is 0 Å². The van der Waals surface area contributed by atoms with E-state index in [0.717, 1.165) is 6.07 Å². The molecule has 0 saturated heterocycles. The lowest BCUT2D eigenvalue weighted by molar-refractivity contribution is 0.564. The number of nitrogens with two attached hydrogens (primary N) is 2. The van der Waals surface area contributed by atoms with Crippen LogP contribution in [0.15, 0.2) is 21.9 Å². The number of aryl methyl sites for hydroxylation is 1. The van der Waals surface area contributed by atoms with Crippen molar-refractivity contribution in [2.75, 3.05) is 0 Å². The van der Waals surface area contributed by atoms with Crippen molar-refractivity contribution in [2.45, 2.75) is 16.7 Å². The number of primary sulfonamides is 2. The van der Waals surface area contributed by atoms with Gasteiger partial charge >= 0.3 is 0 Å². The van der Waals surface area contributed by atoms with Crippen LogP contribution in [-0.2, 0) is 20.0 Å². The quantitative estimate of drug-likeness (QED) is 0.746. The fourth-order valence-electron chi connectivity index (χ4n) is 1.16. The van der Waals surface area contributed by atoms with Crippen molar-refractivity contribution < 1.29 is 21.2 Å². The van der Waals surface area contributed by atoms with E-state index in [2.05, 4.69) is 0 Å². The van der Waals surface area contributed by atoms with Gasteiger partial charge in [-0.05, 0) is 24.6 Å². The molecule has 0 aliphatic heterocycles. The molecule has 0 atom stereocenters. The van der Waals surface area contributed by atoms with E-state index in [1.807, 2.05) is 0 Å². The van der Waals surface area contributed by atoms with Crippen LogP contribution in [0.5, 0.6) is 0 Å². The lowest BCUT2D eigenvalue weighted by atomic mass is 10.2. The van der Waals surface area contributed by atoms with E-state index >= 15 is 0 Å². The summed E-state index contributed by atoms with van der Waals surface area (Å²) in [4.78, 5) is -1.37. The molecule has 16 heavy (non-hydrogen) atoms. The first-order valence-electron chi connectivity index (χ1n) is 3.89. The first-order chi connectivity index (χ1) is 7.03. The van der Waals surface area contributed by atoms with E-state index in [9.17, 15) is 21.2 Å². The SMILES string of the molecule is Cc1cc(F)c(S(N)(=O)=O)cc1S(N)(=O)=O.